The van der Waals surface area contributed by atoms with Crippen LogP contribution in [0.3, 0.4) is 0 Å². The molecule has 5 nitrogen and oxygen atoms in total. The second-order valence-corrected chi connectivity index (χ2v) is 7.50. The van der Waals surface area contributed by atoms with Crippen LogP contribution < -0.4 is 5.73 Å². The lowest BCUT2D eigenvalue weighted by Gasteiger charge is -2.22. The number of nitrogens with two attached hydrogens (primary N) is 1. The van der Waals surface area contributed by atoms with Crippen LogP contribution in [0.25, 0.3) is 22.3 Å². The van der Waals surface area contributed by atoms with E-state index in [1.807, 2.05) is 66.7 Å². The number of carbonyl (C=O) groups excluding carboxylic acids is 2. The maximum atomic E-state index is 12.8. The number of anilines is 1. The van der Waals surface area contributed by atoms with Gasteiger partial charge < -0.3 is 15.2 Å². The molecule has 0 aromatic heterocycles. The summed E-state index contributed by atoms with van der Waals surface area (Å²) in [5.41, 5.74) is 11.2. The Bertz CT molecular complexity index is 1090. The van der Waals surface area contributed by atoms with Crippen molar-refractivity contribution in [3.05, 3.63) is 77.9 Å². The normalized spacial score (nSPS) is 14.1. The maximum absolute atomic E-state index is 12.8. The third-order valence-corrected chi connectivity index (χ3v) is 5.84. The summed E-state index contributed by atoms with van der Waals surface area (Å²) in [6.45, 7) is 0. The molecule has 0 saturated carbocycles. The monoisotopic (exact) mass is 401 g/mol. The van der Waals surface area contributed by atoms with E-state index in [0.29, 0.717) is 5.69 Å². The number of hydrogen-bond donors (Lipinski definition) is 1. The first-order valence-electron chi connectivity index (χ1n) is 9.73. The number of ether oxygens (including phenoxy) is 2. The van der Waals surface area contributed by atoms with Crippen molar-refractivity contribution in [2.75, 3.05) is 20.0 Å². The Morgan fingerprint density at radius 3 is 1.83 bits per heavy atom. The molecule has 4 rings (SSSR count). The zero-order chi connectivity index (χ0) is 21.3. The highest BCUT2D eigenvalue weighted by atomic mass is 16.5. The molecule has 0 saturated heterocycles. The summed E-state index contributed by atoms with van der Waals surface area (Å²) in [6, 6.07) is 21.5. The number of carbonyl (C=O) groups is 2. The molecule has 3 aromatic rings. The summed E-state index contributed by atoms with van der Waals surface area (Å²) in [5, 5.41) is 0. The molecular formula is C25H23NO4. The van der Waals surface area contributed by atoms with Gasteiger partial charge in [0.15, 0.2) is 5.41 Å². The Morgan fingerprint density at radius 1 is 0.800 bits per heavy atom. The summed E-state index contributed by atoms with van der Waals surface area (Å²) in [5.74, 6) is -1.19. The van der Waals surface area contributed by atoms with Crippen molar-refractivity contribution < 1.29 is 19.1 Å². The largest absolute Gasteiger partial charge is 0.468 e. The maximum Gasteiger partial charge on any atom is 0.323 e. The molecule has 0 bridgehead atoms. The summed E-state index contributed by atoms with van der Waals surface area (Å²) >= 11 is 0. The molecular weight excluding hydrogens is 378 g/mol. The number of esters is 2. The van der Waals surface area contributed by atoms with Crippen molar-refractivity contribution >= 4 is 17.6 Å². The van der Waals surface area contributed by atoms with Crippen molar-refractivity contribution in [1.82, 2.24) is 0 Å². The van der Waals surface area contributed by atoms with Gasteiger partial charge in [0, 0.05) is 24.1 Å². The van der Waals surface area contributed by atoms with E-state index in [1.54, 1.807) is 0 Å². The summed E-state index contributed by atoms with van der Waals surface area (Å²) in [4.78, 5) is 25.7. The average molecular weight is 401 g/mol. The van der Waals surface area contributed by atoms with Gasteiger partial charge >= 0.3 is 11.9 Å². The van der Waals surface area contributed by atoms with Gasteiger partial charge in [-0.25, -0.2) is 0 Å². The van der Waals surface area contributed by atoms with Gasteiger partial charge in [-0.3, -0.25) is 9.59 Å². The summed E-state index contributed by atoms with van der Waals surface area (Å²) in [6.07, 6.45) is 0.378. The van der Waals surface area contributed by atoms with Gasteiger partial charge in [0.2, 0.25) is 0 Å². The highest BCUT2D eigenvalue weighted by Crippen LogP contribution is 2.49. The van der Waals surface area contributed by atoms with Crippen LogP contribution in [0.4, 0.5) is 5.69 Å². The van der Waals surface area contributed by atoms with E-state index in [1.165, 1.54) is 14.2 Å². The molecule has 0 aliphatic heterocycles. The highest BCUT2D eigenvalue weighted by Gasteiger charge is 2.54. The van der Waals surface area contributed by atoms with Gasteiger partial charge in [-0.15, -0.1) is 0 Å². The summed E-state index contributed by atoms with van der Waals surface area (Å²) in [7, 11) is 2.58. The van der Waals surface area contributed by atoms with Crippen molar-refractivity contribution in [1.29, 1.82) is 0 Å². The molecule has 0 heterocycles. The van der Waals surface area contributed by atoms with Crippen LogP contribution in [0.15, 0.2) is 66.7 Å². The summed E-state index contributed by atoms with van der Waals surface area (Å²) < 4.78 is 10.1. The number of methoxy groups -OCH3 is 2. The number of fused-ring (bicyclic) bond motifs is 1. The third kappa shape index (κ3) is 3.03. The molecule has 152 valence electrons. The lowest BCUT2D eigenvalue weighted by molar-refractivity contribution is -0.168. The van der Waals surface area contributed by atoms with Crippen molar-refractivity contribution in [2.24, 2.45) is 5.41 Å². The van der Waals surface area contributed by atoms with E-state index in [-0.39, 0.29) is 12.8 Å². The van der Waals surface area contributed by atoms with E-state index in [9.17, 15) is 9.59 Å². The highest BCUT2D eigenvalue weighted by molar-refractivity contribution is 6.03. The predicted molar refractivity (Wildman–Crippen MR) is 116 cm³/mol. The van der Waals surface area contributed by atoms with E-state index < -0.39 is 17.4 Å². The lowest BCUT2D eigenvalue weighted by atomic mass is 9.84. The van der Waals surface area contributed by atoms with Crippen LogP contribution in [-0.2, 0) is 31.9 Å². The lowest BCUT2D eigenvalue weighted by Crippen LogP contribution is -2.42. The van der Waals surface area contributed by atoms with Gasteiger partial charge in [0.05, 0.1) is 14.2 Å². The van der Waals surface area contributed by atoms with E-state index in [0.717, 1.165) is 33.4 Å². The van der Waals surface area contributed by atoms with E-state index in [4.69, 9.17) is 15.2 Å². The Labute approximate surface area is 175 Å². The first-order valence-corrected chi connectivity index (χ1v) is 9.73. The molecule has 1 aliphatic carbocycles. The first-order chi connectivity index (χ1) is 14.5. The number of hydrogen-bond acceptors (Lipinski definition) is 5. The minimum Gasteiger partial charge on any atom is -0.468 e. The second kappa shape index (κ2) is 7.67. The van der Waals surface area contributed by atoms with Crippen molar-refractivity contribution in [2.45, 2.75) is 12.8 Å². The molecule has 0 atom stereocenters. The molecule has 30 heavy (non-hydrogen) atoms. The topological polar surface area (TPSA) is 78.6 Å². The predicted octanol–water partition coefficient (Wildman–Crippen LogP) is 4.03. The standard InChI is InChI=1S/C25H23NO4/c1-29-23(27)25(24(28)30-2)14-19-18(16-9-5-3-6-10-16)13-21(26)22(20(19)15-25)17-11-7-4-8-12-17/h3-13H,14-15,26H2,1-2H3. The minimum absolute atomic E-state index is 0.177. The number of rotatable bonds is 4. The Hall–Kier alpha value is -3.60. The number of benzene rings is 3. The molecule has 0 unspecified atom stereocenters. The Morgan fingerprint density at radius 2 is 1.30 bits per heavy atom. The molecule has 2 N–H and O–H groups in total. The molecule has 0 fully saturated rings. The molecule has 0 spiro atoms. The molecule has 0 radical (unpaired) electrons. The quantitative estimate of drug-likeness (QED) is 0.406. The molecule has 0 amide bonds. The number of nitrogen functional groups attached to an aromatic ring is 1. The van der Waals surface area contributed by atoms with Crippen LogP contribution in [-0.4, -0.2) is 26.2 Å². The van der Waals surface area contributed by atoms with E-state index >= 15 is 0 Å². The smallest absolute Gasteiger partial charge is 0.323 e. The fourth-order valence-corrected chi connectivity index (χ4v) is 4.45. The van der Waals surface area contributed by atoms with Gasteiger partial charge in [0.1, 0.15) is 0 Å². The SMILES string of the molecule is COC(=O)C1(C(=O)OC)Cc2c(-c3ccccc3)cc(N)c(-c3ccccc3)c2C1. The fourth-order valence-electron chi connectivity index (χ4n) is 4.45. The molecule has 5 heteroatoms. The van der Waals surface area contributed by atoms with Crippen LogP contribution in [0.1, 0.15) is 11.1 Å². The average Bonchev–Trinajstić information content (AvgIpc) is 3.20. The van der Waals surface area contributed by atoms with Crippen LogP contribution in [0, 0.1) is 5.41 Å². The van der Waals surface area contributed by atoms with Gasteiger partial charge in [-0.05, 0) is 33.9 Å². The zero-order valence-electron chi connectivity index (χ0n) is 17.0. The Kier molecular flexibility index (Phi) is 5.04. The van der Waals surface area contributed by atoms with Crippen LogP contribution in [0.5, 0.6) is 0 Å². The zero-order valence-corrected chi connectivity index (χ0v) is 17.0. The minimum atomic E-state index is -1.42. The van der Waals surface area contributed by atoms with Crippen LogP contribution >= 0.6 is 0 Å². The fraction of sp³-hybridized carbons (Fsp3) is 0.200. The Balaban J connectivity index is 2.00. The van der Waals surface area contributed by atoms with Crippen LogP contribution in [0.2, 0.25) is 0 Å². The first kappa shape index (κ1) is 19.7. The van der Waals surface area contributed by atoms with Gasteiger partial charge in [-0.1, -0.05) is 60.7 Å². The van der Waals surface area contributed by atoms with Gasteiger partial charge in [-0.2, -0.15) is 0 Å². The molecule has 1 aliphatic rings. The van der Waals surface area contributed by atoms with E-state index in [2.05, 4.69) is 0 Å². The third-order valence-electron chi connectivity index (χ3n) is 5.84. The van der Waals surface area contributed by atoms with Gasteiger partial charge in [0.25, 0.3) is 0 Å². The molecule has 3 aromatic carbocycles. The second-order valence-electron chi connectivity index (χ2n) is 7.50. The van der Waals surface area contributed by atoms with Crippen molar-refractivity contribution in [3.63, 3.8) is 0 Å². The van der Waals surface area contributed by atoms with Crippen molar-refractivity contribution in [3.8, 4) is 22.3 Å².